The van der Waals surface area contributed by atoms with Crippen LogP contribution in [0.5, 0.6) is 0 Å². The van der Waals surface area contributed by atoms with E-state index in [1.807, 2.05) is 19.4 Å². The molecule has 4 heteroatoms. The van der Waals surface area contributed by atoms with Gasteiger partial charge in [0.2, 0.25) is 0 Å². The standard InChI is InChI=1S/C9H18N4/c1-13(7-9(11)4-10)6-8-2-3-12-5-8/h2-3,5,9,12H,4,6-7,10-11H2,1H3. The first-order valence-corrected chi connectivity index (χ1v) is 4.48. The maximum Gasteiger partial charge on any atom is 0.0292 e. The molecule has 0 aromatic carbocycles. The van der Waals surface area contributed by atoms with Gasteiger partial charge in [0.15, 0.2) is 0 Å². The van der Waals surface area contributed by atoms with E-state index in [9.17, 15) is 0 Å². The van der Waals surface area contributed by atoms with Crippen LogP contribution in [-0.2, 0) is 6.54 Å². The third-order valence-electron chi connectivity index (χ3n) is 1.96. The first-order chi connectivity index (χ1) is 6.22. The van der Waals surface area contributed by atoms with E-state index in [-0.39, 0.29) is 6.04 Å². The molecule has 1 aromatic rings. The van der Waals surface area contributed by atoms with Gasteiger partial charge in [-0.2, -0.15) is 0 Å². The highest BCUT2D eigenvalue weighted by Crippen LogP contribution is 2.00. The second-order valence-electron chi connectivity index (χ2n) is 3.41. The van der Waals surface area contributed by atoms with E-state index >= 15 is 0 Å². The van der Waals surface area contributed by atoms with Crippen LogP contribution in [-0.4, -0.2) is 36.1 Å². The normalized spacial score (nSPS) is 13.5. The molecule has 13 heavy (non-hydrogen) atoms. The van der Waals surface area contributed by atoms with Gasteiger partial charge in [0.1, 0.15) is 0 Å². The molecule has 0 aliphatic heterocycles. The maximum atomic E-state index is 5.73. The Balaban J connectivity index is 2.29. The smallest absolute Gasteiger partial charge is 0.0292 e. The van der Waals surface area contributed by atoms with Gasteiger partial charge < -0.3 is 21.4 Å². The Hall–Kier alpha value is -0.840. The molecule has 0 aliphatic carbocycles. The van der Waals surface area contributed by atoms with Crippen molar-refractivity contribution in [3.63, 3.8) is 0 Å². The summed E-state index contributed by atoms with van der Waals surface area (Å²) in [6.07, 6.45) is 3.91. The summed E-state index contributed by atoms with van der Waals surface area (Å²) < 4.78 is 0. The number of aromatic amines is 1. The van der Waals surface area contributed by atoms with Gasteiger partial charge in [-0.3, -0.25) is 0 Å². The average molecular weight is 182 g/mol. The van der Waals surface area contributed by atoms with Gasteiger partial charge in [-0.25, -0.2) is 0 Å². The molecule has 0 saturated carbocycles. The third-order valence-corrected chi connectivity index (χ3v) is 1.96. The van der Waals surface area contributed by atoms with Crippen molar-refractivity contribution in [2.45, 2.75) is 12.6 Å². The van der Waals surface area contributed by atoms with E-state index < -0.39 is 0 Å². The van der Waals surface area contributed by atoms with E-state index in [0.29, 0.717) is 6.54 Å². The zero-order valence-electron chi connectivity index (χ0n) is 8.03. The summed E-state index contributed by atoms with van der Waals surface area (Å²) in [6, 6.07) is 2.13. The van der Waals surface area contributed by atoms with E-state index in [1.165, 1.54) is 5.56 Å². The molecular formula is C9H18N4. The minimum Gasteiger partial charge on any atom is -0.367 e. The summed E-state index contributed by atoms with van der Waals surface area (Å²) in [7, 11) is 2.04. The molecule has 1 rings (SSSR count). The van der Waals surface area contributed by atoms with E-state index in [4.69, 9.17) is 11.5 Å². The van der Waals surface area contributed by atoms with Crippen molar-refractivity contribution in [1.29, 1.82) is 0 Å². The number of nitrogens with two attached hydrogens (primary N) is 2. The number of rotatable bonds is 5. The number of H-pyrrole nitrogens is 1. The third kappa shape index (κ3) is 3.59. The molecule has 0 spiro atoms. The number of aromatic nitrogens is 1. The monoisotopic (exact) mass is 182 g/mol. The lowest BCUT2D eigenvalue weighted by Gasteiger charge is -2.19. The summed E-state index contributed by atoms with van der Waals surface area (Å²) in [5, 5.41) is 0. The molecule has 0 fully saturated rings. The first kappa shape index (κ1) is 10.2. The molecule has 0 amide bonds. The molecule has 1 atom stereocenters. The topological polar surface area (TPSA) is 71.1 Å². The van der Waals surface area contributed by atoms with Crippen molar-refractivity contribution in [2.24, 2.45) is 11.5 Å². The first-order valence-electron chi connectivity index (χ1n) is 4.48. The second kappa shape index (κ2) is 5.01. The Kier molecular flexibility index (Phi) is 3.95. The summed E-state index contributed by atoms with van der Waals surface area (Å²) in [5.74, 6) is 0. The van der Waals surface area contributed by atoms with Crippen LogP contribution in [0.3, 0.4) is 0 Å². The number of hydrogen-bond acceptors (Lipinski definition) is 3. The van der Waals surface area contributed by atoms with Crippen LogP contribution >= 0.6 is 0 Å². The van der Waals surface area contributed by atoms with Crippen molar-refractivity contribution < 1.29 is 0 Å². The van der Waals surface area contributed by atoms with Gasteiger partial charge in [-0.1, -0.05) is 0 Å². The molecule has 1 aromatic heterocycles. The van der Waals surface area contributed by atoms with Crippen molar-refractivity contribution in [1.82, 2.24) is 9.88 Å². The van der Waals surface area contributed by atoms with Crippen LogP contribution in [0.25, 0.3) is 0 Å². The fourth-order valence-electron chi connectivity index (χ4n) is 1.31. The van der Waals surface area contributed by atoms with Crippen LogP contribution < -0.4 is 11.5 Å². The van der Waals surface area contributed by atoms with Gasteiger partial charge in [-0.15, -0.1) is 0 Å². The van der Waals surface area contributed by atoms with E-state index in [0.717, 1.165) is 13.1 Å². The van der Waals surface area contributed by atoms with Gasteiger partial charge in [0, 0.05) is 38.1 Å². The quantitative estimate of drug-likeness (QED) is 0.587. The largest absolute Gasteiger partial charge is 0.367 e. The van der Waals surface area contributed by atoms with Gasteiger partial charge in [0.25, 0.3) is 0 Å². The highest BCUT2D eigenvalue weighted by molar-refractivity contribution is 5.07. The molecule has 4 nitrogen and oxygen atoms in total. The number of hydrogen-bond donors (Lipinski definition) is 3. The summed E-state index contributed by atoms with van der Waals surface area (Å²) in [5.41, 5.74) is 12.4. The van der Waals surface area contributed by atoms with Crippen molar-refractivity contribution in [3.05, 3.63) is 24.0 Å². The number of nitrogens with one attached hydrogen (secondary N) is 1. The molecule has 0 aliphatic rings. The number of likely N-dealkylation sites (N-methyl/N-ethyl adjacent to an activating group) is 1. The lowest BCUT2D eigenvalue weighted by molar-refractivity contribution is 0.305. The van der Waals surface area contributed by atoms with E-state index in [2.05, 4.69) is 16.0 Å². The molecule has 1 unspecified atom stereocenters. The molecule has 0 saturated heterocycles. The summed E-state index contributed by atoms with van der Waals surface area (Å²) >= 11 is 0. The minimum atomic E-state index is 0.0731. The Labute approximate surface area is 78.9 Å². The minimum absolute atomic E-state index is 0.0731. The highest BCUT2D eigenvalue weighted by atomic mass is 15.1. The van der Waals surface area contributed by atoms with Gasteiger partial charge in [0.05, 0.1) is 0 Å². The Bertz CT molecular complexity index is 220. The average Bonchev–Trinajstić information content (AvgIpc) is 2.56. The van der Waals surface area contributed by atoms with Crippen molar-refractivity contribution in [2.75, 3.05) is 20.1 Å². The van der Waals surface area contributed by atoms with Crippen LogP contribution in [0.2, 0.25) is 0 Å². The molecule has 1 heterocycles. The lowest BCUT2D eigenvalue weighted by atomic mass is 10.2. The molecular weight excluding hydrogens is 164 g/mol. The van der Waals surface area contributed by atoms with Crippen LogP contribution in [0.15, 0.2) is 18.5 Å². The van der Waals surface area contributed by atoms with Crippen molar-refractivity contribution >= 4 is 0 Å². The van der Waals surface area contributed by atoms with Crippen molar-refractivity contribution in [3.8, 4) is 0 Å². The molecule has 0 radical (unpaired) electrons. The summed E-state index contributed by atoms with van der Waals surface area (Å²) in [4.78, 5) is 5.19. The predicted molar refractivity (Wildman–Crippen MR) is 54.2 cm³/mol. The Morgan fingerprint density at radius 1 is 1.62 bits per heavy atom. The SMILES string of the molecule is CN(Cc1cc[nH]c1)CC(N)CN. The maximum absolute atomic E-state index is 5.73. The molecule has 5 N–H and O–H groups in total. The number of nitrogens with zero attached hydrogens (tertiary/aromatic N) is 1. The zero-order valence-corrected chi connectivity index (χ0v) is 8.03. The predicted octanol–water partition coefficient (Wildman–Crippen LogP) is -0.267. The molecule has 74 valence electrons. The lowest BCUT2D eigenvalue weighted by Crippen LogP contribution is -2.40. The van der Waals surface area contributed by atoms with Crippen LogP contribution in [0, 0.1) is 0 Å². The fraction of sp³-hybridized carbons (Fsp3) is 0.556. The Morgan fingerprint density at radius 2 is 2.38 bits per heavy atom. The van der Waals surface area contributed by atoms with Crippen LogP contribution in [0.4, 0.5) is 0 Å². The zero-order chi connectivity index (χ0) is 9.68. The van der Waals surface area contributed by atoms with Gasteiger partial charge >= 0.3 is 0 Å². The Morgan fingerprint density at radius 3 is 2.92 bits per heavy atom. The summed E-state index contributed by atoms with van der Waals surface area (Å²) in [6.45, 7) is 2.29. The van der Waals surface area contributed by atoms with Gasteiger partial charge in [-0.05, 0) is 18.7 Å². The highest BCUT2D eigenvalue weighted by Gasteiger charge is 2.05. The van der Waals surface area contributed by atoms with E-state index in [1.54, 1.807) is 0 Å². The second-order valence-corrected chi connectivity index (χ2v) is 3.41. The molecule has 0 bridgehead atoms. The van der Waals surface area contributed by atoms with Crippen LogP contribution in [0.1, 0.15) is 5.56 Å². The fourth-order valence-corrected chi connectivity index (χ4v) is 1.31.